The van der Waals surface area contributed by atoms with Gasteiger partial charge in [0.25, 0.3) is 0 Å². The van der Waals surface area contributed by atoms with Crippen LogP contribution >= 0.6 is 0 Å². The van der Waals surface area contributed by atoms with E-state index >= 15 is 0 Å². The van der Waals surface area contributed by atoms with Crippen LogP contribution in [-0.2, 0) is 11.2 Å². The van der Waals surface area contributed by atoms with Crippen molar-refractivity contribution in [3.8, 4) is 0 Å². The van der Waals surface area contributed by atoms with Crippen LogP contribution in [0.2, 0.25) is 0 Å². The molecule has 0 spiro atoms. The highest BCUT2D eigenvalue weighted by molar-refractivity contribution is 5.93. The molecule has 1 aliphatic rings. The number of carbonyl (C=O) groups is 2. The molecule has 21 heavy (non-hydrogen) atoms. The Morgan fingerprint density at radius 1 is 1.43 bits per heavy atom. The number of carbonyl (C=O) groups excluding carboxylic acids is 1. The highest BCUT2D eigenvalue weighted by atomic mass is 16.4. The van der Waals surface area contributed by atoms with Gasteiger partial charge in [-0.2, -0.15) is 0 Å². The first kappa shape index (κ1) is 15.4. The Balaban J connectivity index is 2.00. The van der Waals surface area contributed by atoms with Gasteiger partial charge in [-0.05, 0) is 37.8 Å². The summed E-state index contributed by atoms with van der Waals surface area (Å²) in [5.74, 6) is -1.28. The minimum absolute atomic E-state index is 0.146. The minimum atomic E-state index is -0.832. The molecule has 1 aliphatic heterocycles. The highest BCUT2D eigenvalue weighted by Gasteiger charge is 2.27. The van der Waals surface area contributed by atoms with E-state index in [0.29, 0.717) is 13.0 Å². The summed E-state index contributed by atoms with van der Waals surface area (Å²) in [6.45, 7) is 4.06. The SMILES string of the molecule is CC(CCNC(=O)N1c2ccccc2CCC1C)C(=O)O. The monoisotopic (exact) mass is 290 g/mol. The van der Waals surface area contributed by atoms with Crippen molar-refractivity contribution in [2.75, 3.05) is 11.4 Å². The van der Waals surface area contributed by atoms with Crippen LogP contribution in [0.15, 0.2) is 24.3 Å². The summed E-state index contributed by atoms with van der Waals surface area (Å²) in [7, 11) is 0. The van der Waals surface area contributed by atoms with E-state index in [1.54, 1.807) is 11.8 Å². The van der Waals surface area contributed by atoms with Crippen LogP contribution in [0.1, 0.15) is 32.3 Å². The fraction of sp³-hybridized carbons (Fsp3) is 0.500. The number of rotatable bonds is 4. The fourth-order valence-electron chi connectivity index (χ4n) is 2.60. The number of nitrogens with zero attached hydrogens (tertiary/aromatic N) is 1. The van der Waals surface area contributed by atoms with Gasteiger partial charge in [-0.15, -0.1) is 0 Å². The topological polar surface area (TPSA) is 69.6 Å². The van der Waals surface area contributed by atoms with Gasteiger partial charge >= 0.3 is 12.0 Å². The first-order chi connectivity index (χ1) is 10.0. The number of anilines is 1. The smallest absolute Gasteiger partial charge is 0.322 e. The van der Waals surface area contributed by atoms with Crippen molar-refractivity contribution in [2.45, 2.75) is 39.2 Å². The molecular formula is C16H22N2O3. The molecule has 0 aliphatic carbocycles. The predicted octanol–water partition coefficient (Wildman–Crippen LogP) is 2.65. The Bertz CT molecular complexity index is 530. The van der Waals surface area contributed by atoms with Gasteiger partial charge < -0.3 is 10.4 Å². The molecule has 0 bridgehead atoms. The normalized spacial score (nSPS) is 18.8. The molecule has 114 valence electrons. The van der Waals surface area contributed by atoms with Gasteiger partial charge in [0.1, 0.15) is 0 Å². The number of fused-ring (bicyclic) bond motifs is 1. The van der Waals surface area contributed by atoms with Gasteiger partial charge in [0.05, 0.1) is 5.92 Å². The van der Waals surface area contributed by atoms with Gasteiger partial charge in [0.15, 0.2) is 0 Å². The molecule has 0 aromatic heterocycles. The fourth-order valence-corrected chi connectivity index (χ4v) is 2.60. The van der Waals surface area contributed by atoms with E-state index in [1.807, 2.05) is 31.2 Å². The lowest BCUT2D eigenvalue weighted by Gasteiger charge is -2.35. The van der Waals surface area contributed by atoms with Crippen LogP contribution in [0.5, 0.6) is 0 Å². The maximum absolute atomic E-state index is 12.4. The molecule has 2 N–H and O–H groups in total. The van der Waals surface area contributed by atoms with Crippen molar-refractivity contribution in [2.24, 2.45) is 5.92 Å². The molecule has 5 heteroatoms. The van der Waals surface area contributed by atoms with Crippen molar-refractivity contribution < 1.29 is 14.7 Å². The minimum Gasteiger partial charge on any atom is -0.481 e. The largest absolute Gasteiger partial charge is 0.481 e. The van der Waals surface area contributed by atoms with Crippen molar-refractivity contribution in [3.63, 3.8) is 0 Å². The average molecular weight is 290 g/mol. The van der Waals surface area contributed by atoms with Crippen LogP contribution in [0.3, 0.4) is 0 Å². The van der Waals surface area contributed by atoms with E-state index in [1.165, 1.54) is 5.56 Å². The number of aryl methyl sites for hydroxylation is 1. The molecule has 5 nitrogen and oxygen atoms in total. The second-order valence-corrected chi connectivity index (χ2v) is 5.65. The zero-order valence-electron chi connectivity index (χ0n) is 12.5. The Morgan fingerprint density at radius 3 is 2.86 bits per heavy atom. The average Bonchev–Trinajstić information content (AvgIpc) is 2.46. The number of nitrogens with one attached hydrogen (secondary N) is 1. The first-order valence-electron chi connectivity index (χ1n) is 7.38. The Hall–Kier alpha value is -2.04. The third kappa shape index (κ3) is 3.54. The number of para-hydroxylation sites is 1. The van der Waals surface area contributed by atoms with Crippen molar-refractivity contribution in [1.29, 1.82) is 0 Å². The number of benzene rings is 1. The highest BCUT2D eigenvalue weighted by Crippen LogP contribution is 2.30. The lowest BCUT2D eigenvalue weighted by Crippen LogP contribution is -2.48. The molecule has 0 fully saturated rings. The van der Waals surface area contributed by atoms with Crippen LogP contribution in [0.4, 0.5) is 10.5 Å². The summed E-state index contributed by atoms with van der Waals surface area (Å²) in [4.78, 5) is 24.9. The van der Waals surface area contributed by atoms with Crippen LogP contribution in [-0.4, -0.2) is 29.7 Å². The summed E-state index contributed by atoms with van der Waals surface area (Å²) >= 11 is 0. The summed E-state index contributed by atoms with van der Waals surface area (Å²) in [5, 5.41) is 11.7. The molecule has 2 atom stereocenters. The summed E-state index contributed by atoms with van der Waals surface area (Å²) in [6.07, 6.45) is 2.36. The van der Waals surface area contributed by atoms with Crippen molar-refractivity contribution in [3.05, 3.63) is 29.8 Å². The maximum atomic E-state index is 12.4. The van der Waals surface area contributed by atoms with E-state index in [4.69, 9.17) is 5.11 Å². The maximum Gasteiger partial charge on any atom is 0.322 e. The molecule has 1 aromatic rings. The van der Waals surface area contributed by atoms with E-state index in [-0.39, 0.29) is 12.1 Å². The molecule has 2 amide bonds. The second kappa shape index (κ2) is 6.61. The molecule has 1 heterocycles. The first-order valence-corrected chi connectivity index (χ1v) is 7.38. The van der Waals surface area contributed by atoms with Gasteiger partial charge in [0, 0.05) is 18.3 Å². The number of carboxylic acid groups (broad SMARTS) is 1. The third-order valence-electron chi connectivity index (χ3n) is 4.02. The predicted molar refractivity (Wildman–Crippen MR) is 81.5 cm³/mol. The van der Waals surface area contributed by atoms with Crippen molar-refractivity contribution >= 4 is 17.7 Å². The molecule has 0 saturated carbocycles. The standard InChI is InChI=1S/C16H22N2O3/c1-11(15(19)20)9-10-17-16(21)18-12(2)7-8-13-5-3-4-6-14(13)18/h3-6,11-12H,7-10H2,1-2H3,(H,17,21)(H,19,20). The summed E-state index contributed by atoms with van der Waals surface area (Å²) in [6, 6.07) is 7.94. The van der Waals surface area contributed by atoms with E-state index in [9.17, 15) is 9.59 Å². The number of amides is 2. The molecule has 0 radical (unpaired) electrons. The van der Waals surface area contributed by atoms with Gasteiger partial charge in [0.2, 0.25) is 0 Å². The Morgan fingerprint density at radius 2 is 2.14 bits per heavy atom. The van der Waals surface area contributed by atoms with E-state index in [2.05, 4.69) is 5.32 Å². The molecule has 0 saturated heterocycles. The zero-order chi connectivity index (χ0) is 15.4. The lowest BCUT2D eigenvalue weighted by molar-refractivity contribution is -0.141. The lowest BCUT2D eigenvalue weighted by atomic mass is 9.97. The molecule has 2 unspecified atom stereocenters. The number of carboxylic acids is 1. The summed E-state index contributed by atoms with van der Waals surface area (Å²) in [5.41, 5.74) is 2.14. The number of aliphatic carboxylic acids is 1. The zero-order valence-corrected chi connectivity index (χ0v) is 12.5. The Labute approximate surface area is 125 Å². The van der Waals surface area contributed by atoms with Gasteiger partial charge in [-0.3, -0.25) is 9.69 Å². The van der Waals surface area contributed by atoms with Gasteiger partial charge in [-0.1, -0.05) is 25.1 Å². The quantitative estimate of drug-likeness (QED) is 0.895. The molecule has 2 rings (SSSR count). The molecule has 1 aromatic carbocycles. The van der Waals surface area contributed by atoms with Gasteiger partial charge in [-0.25, -0.2) is 4.79 Å². The van der Waals surface area contributed by atoms with Crippen LogP contribution in [0, 0.1) is 5.92 Å². The number of hydrogen-bond donors (Lipinski definition) is 2. The summed E-state index contributed by atoms with van der Waals surface area (Å²) < 4.78 is 0. The Kier molecular flexibility index (Phi) is 4.83. The van der Waals surface area contributed by atoms with Crippen LogP contribution < -0.4 is 10.2 Å². The van der Waals surface area contributed by atoms with E-state index in [0.717, 1.165) is 18.5 Å². The second-order valence-electron chi connectivity index (χ2n) is 5.65. The number of hydrogen-bond acceptors (Lipinski definition) is 2. The third-order valence-corrected chi connectivity index (χ3v) is 4.02. The molecular weight excluding hydrogens is 268 g/mol. The number of urea groups is 1. The van der Waals surface area contributed by atoms with Crippen LogP contribution in [0.25, 0.3) is 0 Å². The van der Waals surface area contributed by atoms with Crippen molar-refractivity contribution in [1.82, 2.24) is 5.32 Å². The van der Waals surface area contributed by atoms with E-state index < -0.39 is 11.9 Å².